The summed E-state index contributed by atoms with van der Waals surface area (Å²) in [5.74, 6) is 0. The van der Waals surface area contributed by atoms with Crippen LogP contribution in [0.3, 0.4) is 0 Å². The predicted octanol–water partition coefficient (Wildman–Crippen LogP) is 3.13. The van der Waals surface area contributed by atoms with Crippen LogP contribution in [0.5, 0.6) is 0 Å². The molecule has 0 unspecified atom stereocenters. The third kappa shape index (κ3) is 2.13. The van der Waals surface area contributed by atoms with Crippen LogP contribution in [0.15, 0.2) is 18.2 Å². The van der Waals surface area contributed by atoms with Crippen molar-refractivity contribution in [2.24, 2.45) is 5.41 Å². The molecule has 0 heterocycles. The smallest absolute Gasteiger partial charge is 0.0657 e. The molecule has 3 heteroatoms. The zero-order chi connectivity index (χ0) is 10.2. The van der Waals surface area contributed by atoms with Gasteiger partial charge in [-0.1, -0.05) is 18.5 Å². The molecule has 1 aromatic carbocycles. The number of rotatable bonds is 3. The first kappa shape index (κ1) is 9.66. The lowest BCUT2D eigenvalue weighted by atomic mass is 10.1. The normalized spacial score (nSPS) is 17.9. The molecule has 0 aromatic heterocycles. The molecule has 2 nitrogen and oxygen atoms in total. The van der Waals surface area contributed by atoms with E-state index in [9.17, 15) is 0 Å². The fourth-order valence-electron chi connectivity index (χ4n) is 1.37. The Balaban J connectivity index is 2.02. The molecule has 3 N–H and O–H groups in total. The van der Waals surface area contributed by atoms with E-state index in [0.717, 1.165) is 12.2 Å². The van der Waals surface area contributed by atoms with Crippen LogP contribution >= 0.6 is 11.6 Å². The topological polar surface area (TPSA) is 38.0 Å². The van der Waals surface area contributed by atoms with Crippen LogP contribution in [0.1, 0.15) is 19.8 Å². The quantitative estimate of drug-likeness (QED) is 0.753. The van der Waals surface area contributed by atoms with Gasteiger partial charge in [-0.25, -0.2) is 0 Å². The lowest BCUT2D eigenvalue weighted by Gasteiger charge is -2.12. The Morgan fingerprint density at radius 3 is 2.79 bits per heavy atom. The van der Waals surface area contributed by atoms with Crippen LogP contribution in [0.4, 0.5) is 11.4 Å². The summed E-state index contributed by atoms with van der Waals surface area (Å²) in [6, 6.07) is 5.58. The maximum atomic E-state index is 6.04. The molecule has 0 atom stereocenters. The van der Waals surface area contributed by atoms with Crippen LogP contribution in [0.25, 0.3) is 0 Å². The summed E-state index contributed by atoms with van der Waals surface area (Å²) in [6.07, 6.45) is 2.62. The molecule has 0 amide bonds. The summed E-state index contributed by atoms with van der Waals surface area (Å²) >= 11 is 6.04. The molecule has 1 aliphatic carbocycles. The Kier molecular flexibility index (Phi) is 2.31. The monoisotopic (exact) mass is 210 g/mol. The molecule has 2 rings (SSSR count). The molecule has 14 heavy (non-hydrogen) atoms. The van der Waals surface area contributed by atoms with Gasteiger partial charge in [-0.15, -0.1) is 0 Å². The van der Waals surface area contributed by atoms with Crippen molar-refractivity contribution < 1.29 is 0 Å². The Labute approximate surface area is 89.4 Å². The Bertz CT molecular complexity index is 345. The van der Waals surface area contributed by atoms with Crippen molar-refractivity contribution in [3.63, 3.8) is 0 Å². The molecule has 1 aromatic rings. The van der Waals surface area contributed by atoms with E-state index in [1.54, 1.807) is 6.07 Å². The highest BCUT2D eigenvalue weighted by Crippen LogP contribution is 2.45. The molecule has 0 radical (unpaired) electrons. The third-order valence-electron chi connectivity index (χ3n) is 2.80. The molecule has 0 saturated heterocycles. The SMILES string of the molecule is CC1(CNc2ccc(N)cc2Cl)CC1. The maximum absolute atomic E-state index is 6.04. The van der Waals surface area contributed by atoms with Crippen molar-refractivity contribution in [2.75, 3.05) is 17.6 Å². The second-order valence-corrected chi connectivity index (χ2v) is 4.81. The molecule has 0 spiro atoms. The first-order valence-corrected chi connectivity index (χ1v) is 5.26. The van der Waals surface area contributed by atoms with E-state index < -0.39 is 0 Å². The van der Waals surface area contributed by atoms with Crippen molar-refractivity contribution in [1.82, 2.24) is 0 Å². The molecular weight excluding hydrogens is 196 g/mol. The average molecular weight is 211 g/mol. The van der Waals surface area contributed by atoms with Crippen LogP contribution < -0.4 is 11.1 Å². The first-order valence-electron chi connectivity index (χ1n) is 4.88. The number of nitrogens with two attached hydrogens (primary N) is 1. The zero-order valence-corrected chi connectivity index (χ0v) is 9.06. The van der Waals surface area contributed by atoms with E-state index in [4.69, 9.17) is 17.3 Å². The number of benzene rings is 1. The molecule has 1 saturated carbocycles. The molecule has 76 valence electrons. The molecule has 1 fully saturated rings. The fourth-order valence-corrected chi connectivity index (χ4v) is 1.63. The van der Waals surface area contributed by atoms with Crippen LogP contribution in [0.2, 0.25) is 5.02 Å². The number of nitrogen functional groups attached to an aromatic ring is 1. The summed E-state index contributed by atoms with van der Waals surface area (Å²) in [5.41, 5.74) is 7.79. The second kappa shape index (κ2) is 3.35. The number of halogens is 1. The van der Waals surface area contributed by atoms with Crippen molar-refractivity contribution >= 4 is 23.0 Å². The van der Waals surface area contributed by atoms with Crippen molar-refractivity contribution in [1.29, 1.82) is 0 Å². The van der Waals surface area contributed by atoms with Gasteiger partial charge in [-0.3, -0.25) is 0 Å². The highest BCUT2D eigenvalue weighted by molar-refractivity contribution is 6.33. The minimum Gasteiger partial charge on any atom is -0.399 e. The summed E-state index contributed by atoms with van der Waals surface area (Å²) in [5, 5.41) is 4.06. The van der Waals surface area contributed by atoms with Gasteiger partial charge in [-0.2, -0.15) is 0 Å². The summed E-state index contributed by atoms with van der Waals surface area (Å²) in [4.78, 5) is 0. The van der Waals surface area contributed by atoms with Crippen LogP contribution in [-0.4, -0.2) is 6.54 Å². The van der Waals surface area contributed by atoms with Gasteiger partial charge in [0.1, 0.15) is 0 Å². The van der Waals surface area contributed by atoms with Crippen molar-refractivity contribution in [2.45, 2.75) is 19.8 Å². The average Bonchev–Trinajstić information content (AvgIpc) is 2.83. The van der Waals surface area contributed by atoms with Gasteiger partial charge < -0.3 is 11.1 Å². The van der Waals surface area contributed by atoms with E-state index in [1.807, 2.05) is 12.1 Å². The van der Waals surface area contributed by atoms with Crippen molar-refractivity contribution in [3.05, 3.63) is 23.2 Å². The first-order chi connectivity index (χ1) is 6.59. The number of hydrogen-bond acceptors (Lipinski definition) is 2. The maximum Gasteiger partial charge on any atom is 0.0657 e. The Morgan fingerprint density at radius 1 is 1.50 bits per heavy atom. The highest BCUT2D eigenvalue weighted by Gasteiger charge is 2.36. The molecule has 0 bridgehead atoms. The summed E-state index contributed by atoms with van der Waals surface area (Å²) in [7, 11) is 0. The van der Waals surface area contributed by atoms with Crippen LogP contribution in [0, 0.1) is 5.41 Å². The Morgan fingerprint density at radius 2 is 2.21 bits per heavy atom. The molecular formula is C11H15ClN2. The van der Waals surface area contributed by atoms with Crippen molar-refractivity contribution in [3.8, 4) is 0 Å². The van der Waals surface area contributed by atoms with Gasteiger partial charge in [0, 0.05) is 12.2 Å². The van der Waals surface area contributed by atoms with E-state index in [1.165, 1.54) is 12.8 Å². The molecule has 1 aliphatic rings. The number of hydrogen-bond donors (Lipinski definition) is 2. The number of anilines is 2. The van der Waals surface area contributed by atoms with Gasteiger partial charge >= 0.3 is 0 Å². The van der Waals surface area contributed by atoms with E-state index in [-0.39, 0.29) is 0 Å². The predicted molar refractivity (Wildman–Crippen MR) is 61.7 cm³/mol. The van der Waals surface area contributed by atoms with Gasteiger partial charge in [0.15, 0.2) is 0 Å². The van der Waals surface area contributed by atoms with E-state index in [0.29, 0.717) is 16.1 Å². The lowest BCUT2D eigenvalue weighted by Crippen LogP contribution is -2.11. The third-order valence-corrected chi connectivity index (χ3v) is 3.12. The zero-order valence-electron chi connectivity index (χ0n) is 8.31. The fraction of sp³-hybridized carbons (Fsp3) is 0.455. The van der Waals surface area contributed by atoms with E-state index >= 15 is 0 Å². The Hall–Kier alpha value is -0.890. The van der Waals surface area contributed by atoms with Crippen LogP contribution in [-0.2, 0) is 0 Å². The minimum absolute atomic E-state index is 0.491. The second-order valence-electron chi connectivity index (χ2n) is 4.40. The van der Waals surface area contributed by atoms with Gasteiger partial charge in [0.05, 0.1) is 10.7 Å². The van der Waals surface area contributed by atoms with E-state index in [2.05, 4.69) is 12.2 Å². The summed E-state index contributed by atoms with van der Waals surface area (Å²) < 4.78 is 0. The lowest BCUT2D eigenvalue weighted by molar-refractivity contribution is 0.611. The number of nitrogens with one attached hydrogen (secondary N) is 1. The van der Waals surface area contributed by atoms with Gasteiger partial charge in [0.25, 0.3) is 0 Å². The largest absolute Gasteiger partial charge is 0.399 e. The minimum atomic E-state index is 0.491. The van der Waals surface area contributed by atoms with Gasteiger partial charge in [-0.05, 0) is 36.5 Å². The standard InChI is InChI=1S/C11H15ClN2/c1-11(4-5-11)7-14-10-3-2-8(13)6-9(10)12/h2-3,6,14H,4-5,7,13H2,1H3. The highest BCUT2D eigenvalue weighted by atomic mass is 35.5. The van der Waals surface area contributed by atoms with Gasteiger partial charge in [0.2, 0.25) is 0 Å². The molecule has 0 aliphatic heterocycles. The summed E-state index contributed by atoms with van der Waals surface area (Å²) in [6.45, 7) is 3.28.